The number of hydrogen-bond acceptors (Lipinski definition) is 5. The second kappa shape index (κ2) is 5.34. The molecule has 4 atom stereocenters. The van der Waals surface area contributed by atoms with E-state index in [1.165, 1.54) is 0 Å². The lowest BCUT2D eigenvalue weighted by Gasteiger charge is -2.15. The van der Waals surface area contributed by atoms with Crippen LogP contribution in [0.25, 0.3) is 10.9 Å². The van der Waals surface area contributed by atoms with Gasteiger partial charge in [-0.15, -0.1) is 0 Å². The van der Waals surface area contributed by atoms with Crippen molar-refractivity contribution in [2.45, 2.75) is 24.6 Å². The summed E-state index contributed by atoms with van der Waals surface area (Å²) in [6.45, 7) is -0.377. The van der Waals surface area contributed by atoms with Crippen LogP contribution >= 0.6 is 15.9 Å². The summed E-state index contributed by atoms with van der Waals surface area (Å²) < 4.78 is 11.7. The normalized spacial score (nSPS) is 30.0. The van der Waals surface area contributed by atoms with E-state index in [4.69, 9.17) is 14.6 Å². The number of ether oxygens (including phenoxy) is 2. The predicted octanol–water partition coefficient (Wildman–Crippen LogP) is 0.748. The summed E-state index contributed by atoms with van der Waals surface area (Å²) in [6, 6.07) is 7.49. The highest BCUT2D eigenvalue weighted by atomic mass is 79.9. The van der Waals surface area contributed by atoms with E-state index in [-0.39, 0.29) is 6.61 Å². The van der Waals surface area contributed by atoms with Crippen LogP contribution in [0.5, 0.6) is 5.88 Å². The molecule has 7 heteroatoms. The molecule has 1 aromatic carbocycles. The minimum absolute atomic E-state index is 0.377. The number of benzene rings is 1. The number of nitrogens with one attached hydrogen (secondary N) is 1. The van der Waals surface area contributed by atoms with Crippen LogP contribution in [0.1, 0.15) is 0 Å². The second-order valence-corrected chi connectivity index (χ2v) is 5.61. The number of fused-ring (bicyclic) bond motifs is 1. The Hall–Kier alpha value is -1.12. The fourth-order valence-electron chi connectivity index (χ4n) is 2.23. The number of aliphatic hydroxyl groups is 3. The molecule has 0 unspecified atom stereocenters. The first-order valence-electron chi connectivity index (χ1n) is 6.16. The van der Waals surface area contributed by atoms with Gasteiger partial charge in [0.05, 0.1) is 6.61 Å². The quantitative estimate of drug-likeness (QED) is 0.659. The Bertz CT molecular complexity index is 616. The molecular weight excluding hydrogens is 330 g/mol. The number of aliphatic hydroxyl groups excluding tert-OH is 3. The number of rotatable bonds is 3. The van der Waals surface area contributed by atoms with Crippen LogP contribution < -0.4 is 4.74 Å². The molecule has 0 aliphatic carbocycles. The van der Waals surface area contributed by atoms with Crippen LogP contribution in [0, 0.1) is 0 Å². The van der Waals surface area contributed by atoms with E-state index >= 15 is 0 Å². The van der Waals surface area contributed by atoms with Gasteiger partial charge in [-0.2, -0.15) is 0 Å². The van der Waals surface area contributed by atoms with Crippen LogP contribution in [0.15, 0.2) is 28.7 Å². The molecule has 0 saturated carbocycles. The molecule has 1 fully saturated rings. The zero-order valence-electron chi connectivity index (χ0n) is 10.4. The molecule has 2 heterocycles. The van der Waals surface area contributed by atoms with Crippen molar-refractivity contribution in [3.63, 3.8) is 0 Å². The van der Waals surface area contributed by atoms with Crippen LogP contribution in [-0.4, -0.2) is 51.5 Å². The Labute approximate surface area is 123 Å². The molecular formula is C13H14BrNO5. The largest absolute Gasteiger partial charge is 0.447 e. The first-order chi connectivity index (χ1) is 9.58. The Kier molecular flexibility index (Phi) is 3.70. The van der Waals surface area contributed by atoms with E-state index < -0.39 is 24.6 Å². The Morgan fingerprint density at radius 3 is 2.75 bits per heavy atom. The summed E-state index contributed by atoms with van der Waals surface area (Å²) in [5, 5.41) is 29.4. The summed E-state index contributed by atoms with van der Waals surface area (Å²) in [6.07, 6.45) is -4.22. The number of H-pyrrole nitrogens is 1. The van der Waals surface area contributed by atoms with Gasteiger partial charge in [0, 0.05) is 21.4 Å². The number of hydrogen-bond donors (Lipinski definition) is 4. The Balaban J connectivity index is 1.79. The molecule has 6 nitrogen and oxygen atoms in total. The Morgan fingerprint density at radius 2 is 2.05 bits per heavy atom. The summed E-state index contributed by atoms with van der Waals surface area (Å²) in [4.78, 5) is 3.04. The first kappa shape index (κ1) is 13.8. The molecule has 0 radical (unpaired) electrons. The molecule has 20 heavy (non-hydrogen) atoms. The number of halogens is 1. The van der Waals surface area contributed by atoms with Gasteiger partial charge < -0.3 is 29.8 Å². The third-order valence-corrected chi connectivity index (χ3v) is 3.79. The molecule has 1 aliphatic heterocycles. The van der Waals surface area contributed by atoms with Crippen LogP contribution in [0.2, 0.25) is 0 Å². The fraction of sp³-hybridized carbons (Fsp3) is 0.385. The molecule has 3 rings (SSSR count). The molecule has 1 saturated heterocycles. The third kappa shape index (κ3) is 2.43. The highest BCUT2D eigenvalue weighted by Crippen LogP contribution is 2.28. The summed E-state index contributed by atoms with van der Waals surface area (Å²) >= 11 is 3.38. The number of aromatic amines is 1. The summed E-state index contributed by atoms with van der Waals surface area (Å²) in [5.74, 6) is 0.424. The van der Waals surface area contributed by atoms with Gasteiger partial charge in [0.1, 0.15) is 18.3 Å². The van der Waals surface area contributed by atoms with Gasteiger partial charge in [0.25, 0.3) is 0 Å². The van der Waals surface area contributed by atoms with Crippen molar-refractivity contribution in [3.05, 3.63) is 28.7 Å². The first-order valence-corrected chi connectivity index (χ1v) is 6.95. The SMILES string of the molecule is OC[C@@H]1O[C@@H](Oc2cc3cc(Br)ccc3[nH]2)[C@H](O)[C@H]1O. The van der Waals surface area contributed by atoms with Crippen LogP contribution in [0.3, 0.4) is 0 Å². The van der Waals surface area contributed by atoms with Gasteiger partial charge in [-0.3, -0.25) is 0 Å². The topological polar surface area (TPSA) is 94.9 Å². The van der Waals surface area contributed by atoms with Crippen molar-refractivity contribution in [1.82, 2.24) is 4.98 Å². The van der Waals surface area contributed by atoms with Crippen molar-refractivity contribution in [3.8, 4) is 5.88 Å². The van der Waals surface area contributed by atoms with Crippen LogP contribution in [-0.2, 0) is 4.74 Å². The smallest absolute Gasteiger partial charge is 0.230 e. The summed E-state index contributed by atoms with van der Waals surface area (Å²) in [7, 11) is 0. The van der Waals surface area contributed by atoms with Gasteiger partial charge in [0.2, 0.25) is 6.29 Å². The lowest BCUT2D eigenvalue weighted by Crippen LogP contribution is -2.35. The van der Waals surface area contributed by atoms with E-state index in [9.17, 15) is 10.2 Å². The lowest BCUT2D eigenvalue weighted by atomic mass is 10.1. The molecule has 2 aromatic rings. The van der Waals surface area contributed by atoms with Crippen LogP contribution in [0.4, 0.5) is 0 Å². The molecule has 1 aromatic heterocycles. The molecule has 0 amide bonds. The van der Waals surface area contributed by atoms with Crippen molar-refractivity contribution in [2.75, 3.05) is 6.61 Å². The van der Waals surface area contributed by atoms with E-state index in [1.807, 2.05) is 18.2 Å². The zero-order chi connectivity index (χ0) is 14.3. The summed E-state index contributed by atoms with van der Waals surface area (Å²) in [5.41, 5.74) is 0.884. The maximum absolute atomic E-state index is 9.81. The molecule has 4 N–H and O–H groups in total. The van der Waals surface area contributed by atoms with Gasteiger partial charge >= 0.3 is 0 Å². The zero-order valence-corrected chi connectivity index (χ0v) is 11.9. The maximum Gasteiger partial charge on any atom is 0.230 e. The van der Waals surface area contributed by atoms with Crippen molar-refractivity contribution in [2.24, 2.45) is 0 Å². The number of aromatic nitrogens is 1. The minimum atomic E-state index is -1.20. The standard InChI is InChI=1S/C13H14BrNO5/c14-7-1-2-8-6(3-7)4-10(15-8)20-13-12(18)11(17)9(5-16)19-13/h1-4,9,11-13,15-18H,5H2/t9-,11-,12+,13-/m0/s1. The molecule has 0 spiro atoms. The second-order valence-electron chi connectivity index (χ2n) is 4.69. The van der Waals surface area contributed by atoms with Crippen molar-refractivity contribution < 1.29 is 24.8 Å². The monoisotopic (exact) mass is 343 g/mol. The minimum Gasteiger partial charge on any atom is -0.447 e. The van der Waals surface area contributed by atoms with Gasteiger partial charge in [-0.1, -0.05) is 15.9 Å². The average Bonchev–Trinajstić information content (AvgIpc) is 2.93. The average molecular weight is 344 g/mol. The maximum atomic E-state index is 9.81. The molecule has 0 bridgehead atoms. The van der Waals surface area contributed by atoms with Crippen molar-refractivity contribution >= 4 is 26.8 Å². The lowest BCUT2D eigenvalue weighted by molar-refractivity contribution is -0.118. The fourth-order valence-corrected chi connectivity index (χ4v) is 2.61. The molecule has 1 aliphatic rings. The van der Waals surface area contributed by atoms with Gasteiger partial charge in [-0.25, -0.2) is 0 Å². The Morgan fingerprint density at radius 1 is 1.25 bits per heavy atom. The van der Waals surface area contributed by atoms with E-state index in [1.54, 1.807) is 6.07 Å². The molecule has 108 valence electrons. The highest BCUT2D eigenvalue weighted by Gasteiger charge is 2.44. The predicted molar refractivity (Wildman–Crippen MR) is 74.4 cm³/mol. The third-order valence-electron chi connectivity index (χ3n) is 3.30. The van der Waals surface area contributed by atoms with E-state index in [2.05, 4.69) is 20.9 Å². The van der Waals surface area contributed by atoms with Gasteiger partial charge in [0.15, 0.2) is 5.88 Å². The highest BCUT2D eigenvalue weighted by molar-refractivity contribution is 9.10. The van der Waals surface area contributed by atoms with E-state index in [0.717, 1.165) is 15.4 Å². The van der Waals surface area contributed by atoms with E-state index in [0.29, 0.717) is 5.88 Å². The van der Waals surface area contributed by atoms with Crippen molar-refractivity contribution in [1.29, 1.82) is 0 Å². The van der Waals surface area contributed by atoms with Gasteiger partial charge in [-0.05, 0) is 18.2 Å².